The molecule has 15 nitrogen and oxygen atoms in total. The van der Waals surface area contributed by atoms with E-state index in [9.17, 15) is 19.2 Å². The molecule has 0 spiro atoms. The van der Waals surface area contributed by atoms with Gasteiger partial charge in [0.2, 0.25) is 24.5 Å². The number of benzene rings is 2. The van der Waals surface area contributed by atoms with E-state index in [0.717, 1.165) is 5.56 Å². The van der Waals surface area contributed by atoms with E-state index in [1.165, 1.54) is 18.6 Å². The number of nitrogens with two attached hydrogens (primary N) is 3. The van der Waals surface area contributed by atoms with E-state index in [1.54, 1.807) is 36.4 Å². The van der Waals surface area contributed by atoms with Crippen LogP contribution in [0.5, 0.6) is 11.5 Å². The second-order valence-corrected chi connectivity index (χ2v) is 10.0. The van der Waals surface area contributed by atoms with Crippen LogP contribution in [0.1, 0.15) is 34.5 Å². The monoisotopic (exact) mass is 605 g/mol. The van der Waals surface area contributed by atoms with Crippen LogP contribution in [-0.4, -0.2) is 71.0 Å². The molecule has 1 aromatic heterocycles. The maximum absolute atomic E-state index is 13.7. The van der Waals surface area contributed by atoms with Crippen molar-refractivity contribution in [3.63, 3.8) is 0 Å². The first-order valence-corrected chi connectivity index (χ1v) is 13.9. The van der Waals surface area contributed by atoms with Gasteiger partial charge in [-0.3, -0.25) is 24.2 Å². The number of nitrogens with one attached hydrogen (secondary N) is 4. The minimum absolute atomic E-state index is 0.0446. The van der Waals surface area contributed by atoms with Gasteiger partial charge in [-0.15, -0.1) is 0 Å². The summed E-state index contributed by atoms with van der Waals surface area (Å²) < 4.78 is 10.7. The SMILES string of the molecule is NC(=O)[C@@H](CCCN=C(N)N)NC(=O)[C@@H](Cc1ccccc1)NC(=O)[C@H](Cc1cnc[nH]1)NC(=O)c1ccc2c(c1)OCO2. The van der Waals surface area contributed by atoms with Gasteiger partial charge >= 0.3 is 0 Å². The van der Waals surface area contributed by atoms with Crippen LogP contribution in [0.15, 0.2) is 66.0 Å². The van der Waals surface area contributed by atoms with Crippen molar-refractivity contribution >= 4 is 29.6 Å². The Balaban J connectivity index is 1.51. The maximum atomic E-state index is 13.7. The highest BCUT2D eigenvalue weighted by Crippen LogP contribution is 2.32. The van der Waals surface area contributed by atoms with E-state index in [1.807, 2.05) is 6.07 Å². The van der Waals surface area contributed by atoms with Crippen LogP contribution in [0.2, 0.25) is 0 Å². The average Bonchev–Trinajstić information content (AvgIpc) is 3.70. The van der Waals surface area contributed by atoms with Gasteiger partial charge in [-0.05, 0) is 36.6 Å². The zero-order valence-corrected chi connectivity index (χ0v) is 23.8. The number of hydrogen-bond acceptors (Lipinski definition) is 8. The van der Waals surface area contributed by atoms with E-state index in [0.29, 0.717) is 23.6 Å². The van der Waals surface area contributed by atoms with Crippen molar-refractivity contribution in [2.75, 3.05) is 13.3 Å². The Kier molecular flexibility index (Phi) is 10.7. The van der Waals surface area contributed by atoms with Crippen LogP contribution < -0.4 is 42.6 Å². The van der Waals surface area contributed by atoms with Crippen molar-refractivity contribution < 1.29 is 28.7 Å². The number of hydrogen-bond donors (Lipinski definition) is 7. The summed E-state index contributed by atoms with van der Waals surface area (Å²) in [4.78, 5) is 63.3. The predicted octanol–water partition coefficient (Wildman–Crippen LogP) is -0.769. The Morgan fingerprint density at radius 1 is 0.886 bits per heavy atom. The standard InChI is InChI=1S/C29H35N9O6/c30-25(39)20(7-4-10-34-29(31)32)36-27(41)21(11-17-5-2-1-3-6-17)38-28(42)22(13-19-14-33-15-35-19)37-26(40)18-8-9-23-24(12-18)44-16-43-23/h1-3,5-6,8-9,12,14-15,20-22H,4,7,10-11,13,16H2,(H2,30,39)(H,33,35)(H,36,41)(H,37,40)(H,38,42)(H4,31,32,34)/t20-,21-,22+/m1/s1. The topological polar surface area (TPSA) is 242 Å². The Morgan fingerprint density at radius 2 is 1.59 bits per heavy atom. The highest BCUT2D eigenvalue weighted by Gasteiger charge is 2.30. The number of nitrogens with zero attached hydrogens (tertiary/aromatic N) is 2. The zero-order valence-electron chi connectivity index (χ0n) is 23.8. The molecule has 0 fully saturated rings. The number of aromatic nitrogens is 2. The van der Waals surface area contributed by atoms with Crippen LogP contribution in [-0.2, 0) is 27.2 Å². The van der Waals surface area contributed by atoms with Gasteiger partial charge in [0.15, 0.2) is 17.5 Å². The first-order chi connectivity index (χ1) is 21.2. The number of imidazole rings is 1. The summed E-state index contributed by atoms with van der Waals surface area (Å²) >= 11 is 0. The van der Waals surface area contributed by atoms with Crippen LogP contribution in [0, 0.1) is 0 Å². The third-order valence-corrected chi connectivity index (χ3v) is 6.76. The van der Waals surface area contributed by atoms with Gasteiger partial charge in [-0.2, -0.15) is 0 Å². The number of H-pyrrole nitrogens is 1. The molecule has 0 radical (unpaired) electrons. The summed E-state index contributed by atoms with van der Waals surface area (Å²) in [5, 5.41) is 8.13. The number of primary amides is 1. The number of carbonyl (C=O) groups is 4. The van der Waals surface area contributed by atoms with Gasteiger partial charge in [0.1, 0.15) is 18.1 Å². The van der Waals surface area contributed by atoms with Crippen molar-refractivity contribution in [1.82, 2.24) is 25.9 Å². The minimum Gasteiger partial charge on any atom is -0.454 e. The molecule has 10 N–H and O–H groups in total. The van der Waals surface area contributed by atoms with Crippen molar-refractivity contribution in [2.45, 2.75) is 43.8 Å². The molecule has 2 heterocycles. The molecule has 1 aliphatic heterocycles. The maximum Gasteiger partial charge on any atom is 0.252 e. The molecule has 0 aliphatic carbocycles. The quantitative estimate of drug-likeness (QED) is 0.0652. The highest BCUT2D eigenvalue weighted by molar-refractivity contribution is 5.99. The normalized spacial score (nSPS) is 13.6. The summed E-state index contributed by atoms with van der Waals surface area (Å²) in [6.07, 6.45) is 3.69. The average molecular weight is 606 g/mol. The Morgan fingerprint density at radius 3 is 2.27 bits per heavy atom. The number of fused-ring (bicyclic) bond motifs is 1. The summed E-state index contributed by atoms with van der Waals surface area (Å²) in [5.74, 6) is -1.72. The van der Waals surface area contributed by atoms with Crippen LogP contribution in [0.4, 0.5) is 0 Å². The smallest absolute Gasteiger partial charge is 0.252 e. The van der Waals surface area contributed by atoms with Gasteiger partial charge < -0.3 is 47.6 Å². The molecule has 15 heteroatoms. The van der Waals surface area contributed by atoms with Crippen molar-refractivity contribution in [2.24, 2.45) is 22.2 Å². The summed E-state index contributed by atoms with van der Waals surface area (Å²) in [7, 11) is 0. The molecular weight excluding hydrogens is 570 g/mol. The minimum atomic E-state index is -1.11. The second-order valence-electron chi connectivity index (χ2n) is 10.0. The molecule has 0 saturated carbocycles. The van der Waals surface area contributed by atoms with Gasteiger partial charge in [0.05, 0.1) is 6.33 Å². The molecule has 0 saturated heterocycles. The first kappa shape index (κ1) is 31.3. The molecule has 44 heavy (non-hydrogen) atoms. The number of ether oxygens (including phenoxy) is 2. The third kappa shape index (κ3) is 8.95. The zero-order chi connectivity index (χ0) is 31.5. The van der Waals surface area contributed by atoms with Crippen LogP contribution in [0.25, 0.3) is 0 Å². The Labute approximate surface area is 253 Å². The van der Waals surface area contributed by atoms with E-state index in [4.69, 9.17) is 26.7 Å². The number of carbonyl (C=O) groups excluding carboxylic acids is 4. The molecule has 4 amide bonds. The summed E-state index contributed by atoms with van der Waals surface area (Å²) in [6, 6.07) is 10.5. The van der Waals surface area contributed by atoms with Gasteiger partial charge in [0, 0.05) is 36.8 Å². The molecule has 3 atom stereocenters. The van der Waals surface area contributed by atoms with Gasteiger partial charge in [-0.25, -0.2) is 4.98 Å². The van der Waals surface area contributed by atoms with E-state index in [-0.39, 0.29) is 44.1 Å². The third-order valence-electron chi connectivity index (χ3n) is 6.76. The summed E-state index contributed by atoms with van der Waals surface area (Å²) in [6.45, 7) is 0.285. The Bertz CT molecular complexity index is 1480. The molecule has 0 unspecified atom stereocenters. The number of rotatable bonds is 15. The lowest BCUT2D eigenvalue weighted by Crippen LogP contribution is -2.57. The van der Waals surface area contributed by atoms with Crippen molar-refractivity contribution in [3.05, 3.63) is 77.9 Å². The molecule has 3 aromatic rings. The predicted molar refractivity (Wildman–Crippen MR) is 159 cm³/mol. The molecule has 232 valence electrons. The molecule has 2 aromatic carbocycles. The lowest BCUT2D eigenvalue weighted by molar-refractivity contribution is -0.132. The summed E-state index contributed by atoms with van der Waals surface area (Å²) in [5.41, 5.74) is 17.8. The molecular formula is C29H35N9O6. The fourth-order valence-electron chi connectivity index (χ4n) is 4.50. The number of amides is 4. The van der Waals surface area contributed by atoms with Crippen molar-refractivity contribution in [3.8, 4) is 11.5 Å². The fraction of sp³-hybridized carbons (Fsp3) is 0.310. The largest absolute Gasteiger partial charge is 0.454 e. The Hall–Kier alpha value is -5.60. The van der Waals surface area contributed by atoms with Crippen molar-refractivity contribution in [1.29, 1.82) is 0 Å². The van der Waals surface area contributed by atoms with Gasteiger partial charge in [0.25, 0.3) is 5.91 Å². The molecule has 4 rings (SSSR count). The number of aliphatic imine (C=N–C) groups is 1. The molecule has 0 bridgehead atoms. The van der Waals surface area contributed by atoms with Gasteiger partial charge in [-0.1, -0.05) is 30.3 Å². The number of aromatic amines is 1. The van der Waals surface area contributed by atoms with Crippen LogP contribution in [0.3, 0.4) is 0 Å². The van der Waals surface area contributed by atoms with Crippen LogP contribution >= 0.6 is 0 Å². The van der Waals surface area contributed by atoms with E-state index in [2.05, 4.69) is 30.9 Å². The first-order valence-electron chi connectivity index (χ1n) is 13.9. The van der Waals surface area contributed by atoms with E-state index >= 15 is 0 Å². The lowest BCUT2D eigenvalue weighted by Gasteiger charge is -2.25. The lowest BCUT2D eigenvalue weighted by atomic mass is 10.0. The fourth-order valence-corrected chi connectivity index (χ4v) is 4.50. The number of guanidine groups is 1. The molecule has 1 aliphatic rings. The van der Waals surface area contributed by atoms with E-state index < -0.39 is 41.8 Å². The second kappa shape index (κ2) is 15.0. The highest BCUT2D eigenvalue weighted by atomic mass is 16.7.